The fourth-order valence-corrected chi connectivity index (χ4v) is 0.534. The third kappa shape index (κ3) is 6.49. The molecule has 0 radical (unpaired) electrons. The first-order valence-corrected chi connectivity index (χ1v) is 3.29. The molecule has 58 valence electrons. The van der Waals surface area contributed by atoms with Crippen LogP contribution in [-0.2, 0) is 4.79 Å². The summed E-state index contributed by atoms with van der Waals surface area (Å²) in [6.07, 6.45) is 1.31. The van der Waals surface area contributed by atoms with Gasteiger partial charge in [0.15, 0.2) is 0 Å². The predicted octanol–water partition coefficient (Wildman–Crippen LogP) is 1.95. The maximum absolute atomic E-state index is 8.88. The first-order valence-electron chi connectivity index (χ1n) is 3.29. The van der Waals surface area contributed by atoms with Gasteiger partial charge in [0.05, 0.1) is 0 Å². The number of aliphatic imine (C=N–C) groups is 1. The summed E-state index contributed by atoms with van der Waals surface area (Å²) in [6.45, 7) is 2.08. The molecule has 1 rings (SSSR count). The molecule has 1 aromatic rings. The van der Waals surface area contributed by atoms with Crippen molar-refractivity contribution in [2.45, 2.75) is 6.92 Å². The van der Waals surface area contributed by atoms with E-state index in [0.717, 1.165) is 0 Å². The second-order valence-electron chi connectivity index (χ2n) is 1.97. The zero-order valence-electron chi connectivity index (χ0n) is 6.74. The third-order valence-electron chi connectivity index (χ3n) is 1.03. The van der Waals surface area contributed by atoms with Crippen molar-refractivity contribution in [2.24, 2.45) is 4.99 Å². The highest BCUT2D eigenvalue weighted by Crippen LogP contribution is 1.92. The van der Waals surface area contributed by atoms with Gasteiger partial charge in [-0.3, -0.25) is 0 Å². The summed E-state index contributed by atoms with van der Waals surface area (Å²) in [5.74, 6) is 0. The molecule has 0 atom stereocenters. The van der Waals surface area contributed by atoms with Gasteiger partial charge >= 0.3 is 0 Å². The van der Waals surface area contributed by atoms with Gasteiger partial charge in [0, 0.05) is 7.05 Å². The molecule has 0 bridgehead atoms. The van der Waals surface area contributed by atoms with E-state index < -0.39 is 0 Å². The van der Waals surface area contributed by atoms with E-state index in [2.05, 4.69) is 24.0 Å². The number of carbonyl (C=O) groups excluding carboxylic acids is 1. The maximum Gasteiger partial charge on any atom is 0.234 e. The molecule has 0 fully saturated rings. The standard InChI is InChI=1S/C7H8.C2H3NO/c1-7-5-3-2-4-6-7;1-3-2-4/h2-6H,1H3;1H3. The Bertz CT molecular complexity index is 225. The Morgan fingerprint density at radius 3 is 1.91 bits per heavy atom. The third-order valence-corrected chi connectivity index (χ3v) is 1.03. The smallest absolute Gasteiger partial charge is 0.211 e. The minimum atomic E-state index is 1.31. The van der Waals surface area contributed by atoms with Crippen LogP contribution in [0.25, 0.3) is 0 Å². The Hall–Kier alpha value is -1.40. The van der Waals surface area contributed by atoms with Crippen molar-refractivity contribution >= 4 is 6.08 Å². The van der Waals surface area contributed by atoms with Gasteiger partial charge in [-0.25, -0.2) is 9.79 Å². The zero-order valence-corrected chi connectivity index (χ0v) is 6.74. The average molecular weight is 149 g/mol. The number of nitrogens with zero attached hydrogens (tertiary/aromatic N) is 1. The number of hydrogen-bond donors (Lipinski definition) is 0. The molecular weight excluding hydrogens is 138 g/mol. The van der Waals surface area contributed by atoms with Crippen molar-refractivity contribution in [3.8, 4) is 0 Å². The van der Waals surface area contributed by atoms with E-state index in [1.807, 2.05) is 18.2 Å². The highest BCUT2D eigenvalue weighted by atomic mass is 16.1. The van der Waals surface area contributed by atoms with Crippen molar-refractivity contribution in [2.75, 3.05) is 7.05 Å². The van der Waals surface area contributed by atoms with Gasteiger partial charge in [0.1, 0.15) is 0 Å². The SMILES string of the molecule is CN=C=O.Cc1ccccc1. The normalized spacial score (nSPS) is 7.09. The summed E-state index contributed by atoms with van der Waals surface area (Å²) >= 11 is 0. The van der Waals surface area contributed by atoms with Crippen LogP contribution in [0.15, 0.2) is 35.3 Å². The Balaban J connectivity index is 0.000000218. The fraction of sp³-hybridized carbons (Fsp3) is 0.222. The molecule has 0 heterocycles. The molecule has 2 heteroatoms. The van der Waals surface area contributed by atoms with E-state index in [1.54, 1.807) is 0 Å². The van der Waals surface area contributed by atoms with Gasteiger partial charge in [-0.1, -0.05) is 35.9 Å². The monoisotopic (exact) mass is 149 g/mol. The Morgan fingerprint density at radius 1 is 1.27 bits per heavy atom. The van der Waals surface area contributed by atoms with E-state index in [9.17, 15) is 0 Å². The molecule has 0 aliphatic heterocycles. The van der Waals surface area contributed by atoms with E-state index in [0.29, 0.717) is 0 Å². The molecule has 0 aromatic heterocycles. The molecule has 0 aliphatic rings. The lowest BCUT2D eigenvalue weighted by Crippen LogP contribution is -1.62. The van der Waals surface area contributed by atoms with Crippen LogP contribution in [0, 0.1) is 6.92 Å². The molecule has 0 saturated heterocycles. The summed E-state index contributed by atoms with van der Waals surface area (Å²) < 4.78 is 0. The Kier molecular flexibility index (Phi) is 5.86. The van der Waals surface area contributed by atoms with E-state index in [1.165, 1.54) is 18.7 Å². The van der Waals surface area contributed by atoms with Gasteiger partial charge in [-0.2, -0.15) is 0 Å². The molecular formula is C9H11NO. The second-order valence-corrected chi connectivity index (χ2v) is 1.97. The predicted molar refractivity (Wildman–Crippen MR) is 45.2 cm³/mol. The van der Waals surface area contributed by atoms with E-state index in [4.69, 9.17) is 4.79 Å². The number of hydrogen-bond acceptors (Lipinski definition) is 2. The van der Waals surface area contributed by atoms with Gasteiger partial charge in [0.2, 0.25) is 6.08 Å². The minimum Gasteiger partial charge on any atom is -0.211 e. The van der Waals surface area contributed by atoms with Crippen LogP contribution in [0.4, 0.5) is 0 Å². The summed E-state index contributed by atoms with van der Waals surface area (Å²) in [6, 6.07) is 10.3. The molecule has 0 N–H and O–H groups in total. The highest BCUT2D eigenvalue weighted by molar-refractivity contribution is 5.32. The van der Waals surface area contributed by atoms with Crippen molar-refractivity contribution in [3.05, 3.63) is 35.9 Å². The van der Waals surface area contributed by atoms with Crippen LogP contribution < -0.4 is 0 Å². The minimum absolute atomic E-state index is 1.31. The van der Waals surface area contributed by atoms with Gasteiger partial charge in [-0.05, 0) is 6.92 Å². The van der Waals surface area contributed by atoms with Crippen LogP contribution in [0.1, 0.15) is 5.56 Å². The van der Waals surface area contributed by atoms with Crippen molar-refractivity contribution in [3.63, 3.8) is 0 Å². The molecule has 0 saturated carbocycles. The van der Waals surface area contributed by atoms with Gasteiger partial charge in [0.25, 0.3) is 0 Å². The van der Waals surface area contributed by atoms with Crippen LogP contribution >= 0.6 is 0 Å². The molecule has 2 nitrogen and oxygen atoms in total. The summed E-state index contributed by atoms with van der Waals surface area (Å²) in [5.41, 5.74) is 1.32. The molecule has 0 aliphatic carbocycles. The van der Waals surface area contributed by atoms with Crippen molar-refractivity contribution < 1.29 is 4.79 Å². The summed E-state index contributed by atoms with van der Waals surface area (Å²) in [5, 5.41) is 0. The van der Waals surface area contributed by atoms with Gasteiger partial charge in [-0.15, -0.1) is 0 Å². The second kappa shape index (κ2) is 6.72. The molecule has 0 spiro atoms. The van der Waals surface area contributed by atoms with E-state index >= 15 is 0 Å². The van der Waals surface area contributed by atoms with Crippen LogP contribution in [0.5, 0.6) is 0 Å². The average Bonchev–Trinajstić information content (AvgIpc) is 2.07. The molecule has 0 amide bonds. The number of rotatable bonds is 0. The first-order chi connectivity index (χ1) is 5.31. The number of benzene rings is 1. The van der Waals surface area contributed by atoms with Crippen molar-refractivity contribution in [1.29, 1.82) is 0 Å². The van der Waals surface area contributed by atoms with Crippen LogP contribution in [0.2, 0.25) is 0 Å². The lowest BCUT2D eigenvalue weighted by molar-refractivity contribution is 0.564. The quantitative estimate of drug-likeness (QED) is 0.409. The maximum atomic E-state index is 8.88. The Morgan fingerprint density at radius 2 is 1.73 bits per heavy atom. The van der Waals surface area contributed by atoms with E-state index in [-0.39, 0.29) is 0 Å². The van der Waals surface area contributed by atoms with Gasteiger partial charge < -0.3 is 0 Å². The van der Waals surface area contributed by atoms with Crippen LogP contribution in [0.3, 0.4) is 0 Å². The molecule has 0 unspecified atom stereocenters. The summed E-state index contributed by atoms with van der Waals surface area (Å²) in [4.78, 5) is 11.8. The number of isocyanates is 1. The fourth-order valence-electron chi connectivity index (χ4n) is 0.534. The van der Waals surface area contributed by atoms with Crippen molar-refractivity contribution in [1.82, 2.24) is 0 Å². The lowest BCUT2D eigenvalue weighted by atomic mass is 10.2. The lowest BCUT2D eigenvalue weighted by Gasteiger charge is -1.82. The first kappa shape index (κ1) is 9.60. The topological polar surface area (TPSA) is 29.4 Å². The van der Waals surface area contributed by atoms with Crippen LogP contribution in [-0.4, -0.2) is 13.1 Å². The largest absolute Gasteiger partial charge is 0.234 e. The highest BCUT2D eigenvalue weighted by Gasteiger charge is 1.72. The molecule has 11 heavy (non-hydrogen) atoms. The molecule has 1 aromatic carbocycles. The Labute approximate surface area is 66.6 Å². The number of aryl methyl sites for hydroxylation is 1. The zero-order chi connectivity index (χ0) is 8.53. The summed E-state index contributed by atoms with van der Waals surface area (Å²) in [7, 11) is 1.38.